The predicted molar refractivity (Wildman–Crippen MR) is 390 cm³/mol. The summed E-state index contributed by atoms with van der Waals surface area (Å²) in [5.41, 5.74) is 0. The van der Waals surface area contributed by atoms with Crippen molar-refractivity contribution in [3.63, 3.8) is 0 Å². The van der Waals surface area contributed by atoms with Crippen molar-refractivity contribution >= 4 is 33.6 Å². The van der Waals surface area contributed by atoms with Gasteiger partial charge in [0.05, 0.1) is 26.4 Å². The molecule has 0 bridgehead atoms. The number of carbonyl (C=O) groups is 3. The summed E-state index contributed by atoms with van der Waals surface area (Å²) >= 11 is 0. The van der Waals surface area contributed by atoms with Gasteiger partial charge in [0, 0.05) is 19.3 Å². The average Bonchev–Trinajstić information content (AvgIpc) is 3.76. The Hall–Kier alpha value is -4.05. The molecule has 0 radical (unpaired) electrons. The fourth-order valence-corrected chi connectivity index (χ4v) is 11.2. The number of allylic oxidation sites excluding steroid dienone is 20. The number of rotatable bonds is 69. The van der Waals surface area contributed by atoms with Crippen LogP contribution in [-0.2, 0) is 55.8 Å². The standard InChI is InChI=1S/C77H132O16P2/c1-4-7-10-13-16-19-22-25-27-29-30-31-32-33-34-35-36-37-38-39-40-42-44-46-48-51-54-57-60-63-75(80)87-66-72(78)67-89-94(83,84)90-68-73(79)69-91-95(85,86)92-71-74(93-77(82)65-62-59-56-53-50-45-24-21-18-15-12-9-6-3)70-88-76(81)64-61-58-55-52-49-47-43-41-28-26-23-20-17-14-11-8-5-2/h7-8,10-11,16-17,19-20,25-28,30-31,33-34,43,47,52,55,72-74,78-79H,4-6,9,12-15,18,21-24,29,32,35-42,44-46,48-51,53-54,56-71H2,1-3H3,(H,83,84)(H,85,86)/b10-7-,11-8-,19-16-,20-17-,27-25-,28-26-,31-30-,34-33-,47-43-,55-52-. The Morgan fingerprint density at radius 2 is 0.568 bits per heavy atom. The number of aliphatic hydroxyl groups is 2. The molecule has 0 heterocycles. The summed E-state index contributed by atoms with van der Waals surface area (Å²) in [6.45, 7) is 2.39. The summed E-state index contributed by atoms with van der Waals surface area (Å²) in [5.74, 6) is -1.64. The van der Waals surface area contributed by atoms with Gasteiger partial charge in [0.15, 0.2) is 6.10 Å². The van der Waals surface area contributed by atoms with Gasteiger partial charge in [0.2, 0.25) is 0 Å². The Bertz CT molecular complexity index is 2210. The van der Waals surface area contributed by atoms with E-state index in [0.717, 1.165) is 116 Å². The third-order valence-corrected chi connectivity index (χ3v) is 17.1. The molecule has 0 aromatic rings. The van der Waals surface area contributed by atoms with Crippen molar-refractivity contribution in [3.8, 4) is 0 Å². The summed E-state index contributed by atoms with van der Waals surface area (Å²) in [5, 5.41) is 20.6. The predicted octanol–water partition coefficient (Wildman–Crippen LogP) is 21.0. The Labute approximate surface area is 576 Å². The highest BCUT2D eigenvalue weighted by molar-refractivity contribution is 7.47. The van der Waals surface area contributed by atoms with E-state index in [1.54, 1.807) is 0 Å². The largest absolute Gasteiger partial charge is 0.472 e. The highest BCUT2D eigenvalue weighted by Gasteiger charge is 2.29. The molecule has 4 N–H and O–H groups in total. The smallest absolute Gasteiger partial charge is 0.463 e. The van der Waals surface area contributed by atoms with E-state index in [4.69, 9.17) is 32.3 Å². The molecule has 0 aliphatic carbocycles. The maximum absolute atomic E-state index is 12.9. The van der Waals surface area contributed by atoms with Gasteiger partial charge in [-0.3, -0.25) is 32.5 Å². The lowest BCUT2D eigenvalue weighted by molar-refractivity contribution is -0.161. The lowest BCUT2D eigenvalue weighted by Gasteiger charge is -2.21. The number of unbranched alkanes of at least 4 members (excludes halogenated alkanes) is 26. The summed E-state index contributed by atoms with van der Waals surface area (Å²) in [6, 6.07) is 0. The first kappa shape index (κ1) is 91.0. The second-order valence-corrected chi connectivity index (χ2v) is 27.2. The van der Waals surface area contributed by atoms with Gasteiger partial charge in [0.1, 0.15) is 25.4 Å². The molecule has 0 aromatic carbocycles. The molecule has 5 unspecified atom stereocenters. The fourth-order valence-electron chi connectivity index (χ4n) is 9.63. The molecule has 5 atom stereocenters. The number of aliphatic hydroxyl groups excluding tert-OH is 2. The molecule has 0 saturated carbocycles. The molecule has 18 heteroatoms. The average molecular weight is 1380 g/mol. The van der Waals surface area contributed by atoms with E-state index >= 15 is 0 Å². The Morgan fingerprint density at radius 1 is 0.305 bits per heavy atom. The van der Waals surface area contributed by atoms with Crippen molar-refractivity contribution in [3.05, 3.63) is 122 Å². The minimum Gasteiger partial charge on any atom is -0.463 e. The van der Waals surface area contributed by atoms with Crippen molar-refractivity contribution in [2.24, 2.45) is 0 Å². The number of hydrogen-bond acceptors (Lipinski definition) is 14. The monoisotopic (exact) mass is 1370 g/mol. The van der Waals surface area contributed by atoms with Crippen LogP contribution in [0.25, 0.3) is 0 Å². The summed E-state index contributed by atoms with van der Waals surface area (Å²) in [7, 11) is -9.79. The molecule has 16 nitrogen and oxygen atoms in total. The van der Waals surface area contributed by atoms with Crippen LogP contribution >= 0.6 is 15.6 Å². The van der Waals surface area contributed by atoms with Gasteiger partial charge in [0.25, 0.3) is 0 Å². The molecule has 0 aliphatic rings. The third-order valence-electron chi connectivity index (χ3n) is 15.2. The molecule has 0 aromatic heterocycles. The topological polar surface area (TPSA) is 231 Å². The molecule has 0 aliphatic heterocycles. The minimum atomic E-state index is -4.94. The lowest BCUT2D eigenvalue weighted by atomic mass is 10.0. The maximum Gasteiger partial charge on any atom is 0.472 e. The van der Waals surface area contributed by atoms with Gasteiger partial charge in [-0.1, -0.05) is 290 Å². The SMILES string of the molecule is CC/C=C\C/C=C\C/C=C\C/C=C\C/C=C\CCCCCCCCCCCCCCCC(=O)OCC(O)COP(=O)(O)OCC(O)COP(=O)(O)OCC(COC(=O)CCC/C=C\C/C=C\C/C=C\C/C=C\C/C=C\CC)OC(=O)CCCCCCCCCCCCCCC. The van der Waals surface area contributed by atoms with Crippen LogP contribution in [0.2, 0.25) is 0 Å². The number of phosphoric ester groups is 2. The highest BCUT2D eigenvalue weighted by Crippen LogP contribution is 2.45. The molecular weight excluding hydrogens is 1240 g/mol. The van der Waals surface area contributed by atoms with Crippen molar-refractivity contribution < 1.29 is 75.8 Å². The lowest BCUT2D eigenvalue weighted by Crippen LogP contribution is -2.30. The van der Waals surface area contributed by atoms with Crippen molar-refractivity contribution in [1.82, 2.24) is 0 Å². The van der Waals surface area contributed by atoms with Crippen LogP contribution in [0.15, 0.2) is 122 Å². The quantitative estimate of drug-likeness (QED) is 0.0146. The van der Waals surface area contributed by atoms with Crippen LogP contribution in [0, 0.1) is 0 Å². The Morgan fingerprint density at radius 3 is 0.926 bits per heavy atom. The molecule has 0 rings (SSSR count). The third kappa shape index (κ3) is 71.1. The fraction of sp³-hybridized carbons (Fsp3) is 0.701. The van der Waals surface area contributed by atoms with E-state index in [1.807, 2.05) is 12.2 Å². The first-order valence-corrected chi connectivity index (χ1v) is 39.8. The van der Waals surface area contributed by atoms with Gasteiger partial charge in [-0.15, -0.1) is 0 Å². The zero-order chi connectivity index (χ0) is 69.5. The number of phosphoric acid groups is 2. The van der Waals surface area contributed by atoms with Crippen LogP contribution in [0.3, 0.4) is 0 Å². The van der Waals surface area contributed by atoms with E-state index in [-0.39, 0.29) is 19.3 Å². The van der Waals surface area contributed by atoms with Gasteiger partial charge in [-0.25, -0.2) is 9.13 Å². The molecule has 546 valence electrons. The van der Waals surface area contributed by atoms with E-state index in [0.29, 0.717) is 25.7 Å². The summed E-state index contributed by atoms with van der Waals surface area (Å²) < 4.78 is 60.9. The van der Waals surface area contributed by atoms with Crippen LogP contribution in [-0.4, -0.2) is 95.9 Å². The molecular formula is C77H132O16P2. The molecule has 0 saturated heterocycles. The first-order valence-electron chi connectivity index (χ1n) is 36.8. The second-order valence-electron chi connectivity index (χ2n) is 24.3. The number of hydrogen-bond donors (Lipinski definition) is 4. The minimum absolute atomic E-state index is 0.0924. The summed E-state index contributed by atoms with van der Waals surface area (Å²) in [6.07, 6.45) is 81.3. The van der Waals surface area contributed by atoms with Crippen molar-refractivity contribution in [2.75, 3.05) is 39.6 Å². The van der Waals surface area contributed by atoms with Gasteiger partial charge >= 0.3 is 33.6 Å². The number of esters is 3. The van der Waals surface area contributed by atoms with Crippen LogP contribution in [0.5, 0.6) is 0 Å². The van der Waals surface area contributed by atoms with Crippen LogP contribution in [0.4, 0.5) is 0 Å². The van der Waals surface area contributed by atoms with Crippen molar-refractivity contribution in [1.29, 1.82) is 0 Å². The Balaban J connectivity index is 4.50. The van der Waals surface area contributed by atoms with E-state index in [9.17, 15) is 43.5 Å². The molecule has 0 amide bonds. The zero-order valence-electron chi connectivity index (χ0n) is 59.3. The Kier molecular flexibility index (Phi) is 66.9. The molecule has 0 fully saturated rings. The van der Waals surface area contributed by atoms with Crippen molar-refractivity contribution in [2.45, 2.75) is 309 Å². The number of carbonyl (C=O) groups excluding carboxylic acids is 3. The normalized spacial score (nSPS) is 14.8. The van der Waals surface area contributed by atoms with E-state index < -0.39 is 91.5 Å². The van der Waals surface area contributed by atoms with E-state index in [1.165, 1.54) is 109 Å². The second kappa shape index (κ2) is 69.8. The molecule has 95 heavy (non-hydrogen) atoms. The summed E-state index contributed by atoms with van der Waals surface area (Å²) in [4.78, 5) is 58.4. The molecule has 0 spiro atoms. The van der Waals surface area contributed by atoms with Gasteiger partial charge < -0.3 is 34.2 Å². The maximum atomic E-state index is 12.9. The van der Waals surface area contributed by atoms with Crippen LogP contribution in [0.1, 0.15) is 290 Å². The highest BCUT2D eigenvalue weighted by atomic mass is 31.2. The van der Waals surface area contributed by atoms with Gasteiger partial charge in [-0.2, -0.15) is 0 Å². The van der Waals surface area contributed by atoms with E-state index in [2.05, 4.69) is 130 Å². The number of ether oxygens (including phenoxy) is 3. The van der Waals surface area contributed by atoms with Gasteiger partial charge in [-0.05, 0) is 103 Å². The van der Waals surface area contributed by atoms with Crippen LogP contribution < -0.4 is 0 Å². The zero-order valence-corrected chi connectivity index (χ0v) is 61.1. The first-order chi connectivity index (χ1) is 46.2.